The molecule has 1 aliphatic carbocycles. The van der Waals surface area contributed by atoms with Gasteiger partial charge < -0.3 is 30.5 Å². The summed E-state index contributed by atoms with van der Waals surface area (Å²) in [6, 6.07) is 5.96. The third kappa shape index (κ3) is 6.59. The van der Waals surface area contributed by atoms with Gasteiger partial charge in [0.2, 0.25) is 5.91 Å². The van der Waals surface area contributed by atoms with Crippen molar-refractivity contribution in [3.63, 3.8) is 0 Å². The molecule has 1 aromatic carbocycles. The number of halogens is 1. The van der Waals surface area contributed by atoms with Gasteiger partial charge in [0.1, 0.15) is 11.9 Å². The molecule has 4 fully saturated rings. The van der Waals surface area contributed by atoms with Crippen molar-refractivity contribution >= 4 is 24.2 Å². The molecular formula is C30H45ClN4O5. The Bertz CT molecular complexity index is 1030. The molecule has 1 saturated carbocycles. The minimum atomic E-state index is -0.591. The molecule has 5 aliphatic rings. The Hall–Kier alpha value is -1.91. The normalized spacial score (nSPS) is 32.9. The highest BCUT2D eigenvalue weighted by atomic mass is 35.5. The highest BCUT2D eigenvalue weighted by Gasteiger charge is 2.42. The number of ether oxygens (including phenoxy) is 2. The van der Waals surface area contributed by atoms with Gasteiger partial charge in [-0.15, -0.1) is 12.4 Å². The van der Waals surface area contributed by atoms with E-state index in [-0.39, 0.29) is 42.4 Å². The van der Waals surface area contributed by atoms with Crippen molar-refractivity contribution in [2.45, 2.75) is 107 Å². The molecule has 222 valence electrons. The maximum Gasteiger partial charge on any atom is 0.255 e. The number of aliphatic hydroxyl groups excluding tert-OH is 1. The number of carbonyl (C=O) groups excluding carboxylic acids is 2. The van der Waals surface area contributed by atoms with Crippen LogP contribution in [-0.2, 0) is 9.53 Å². The smallest absolute Gasteiger partial charge is 0.255 e. The standard InChI is InChI=1S/C30H44N4O5.ClH/c35-26-8-6-23-11-14-38-27-15-20(19-3-1-2-4-19)5-7-24(27)29(36)33-21-16-25(30(37)32-17-28(26)39-23)34(18-21)22-9-12-31-13-10-22;/h5,7,15,19,21-23,25-26,28,31,35H,1-4,6,8-14,16-18H2,(H,32,37)(H,33,36);1H/t21-,23-,25-,26-,28+;/m0./s1. The fraction of sp³-hybridized carbons (Fsp3) is 0.733. The van der Waals surface area contributed by atoms with Crippen LogP contribution in [0, 0.1) is 0 Å². The Labute approximate surface area is 243 Å². The van der Waals surface area contributed by atoms with Gasteiger partial charge in [-0.25, -0.2) is 0 Å². The van der Waals surface area contributed by atoms with E-state index in [1.807, 2.05) is 6.07 Å². The van der Waals surface area contributed by atoms with E-state index >= 15 is 0 Å². The minimum absolute atomic E-state index is 0. The molecular weight excluding hydrogens is 532 g/mol. The highest BCUT2D eigenvalue weighted by molar-refractivity contribution is 5.97. The molecule has 0 unspecified atom stereocenters. The zero-order valence-corrected chi connectivity index (χ0v) is 24.1. The van der Waals surface area contributed by atoms with Crippen molar-refractivity contribution in [1.29, 1.82) is 0 Å². The summed E-state index contributed by atoms with van der Waals surface area (Å²) in [5.41, 5.74) is 1.81. The fourth-order valence-corrected chi connectivity index (χ4v) is 7.35. The van der Waals surface area contributed by atoms with E-state index in [0.29, 0.717) is 62.2 Å². The van der Waals surface area contributed by atoms with Crippen LogP contribution in [0.3, 0.4) is 0 Å². The van der Waals surface area contributed by atoms with Gasteiger partial charge in [0.15, 0.2) is 0 Å². The molecule has 40 heavy (non-hydrogen) atoms. The van der Waals surface area contributed by atoms with Gasteiger partial charge in [0.25, 0.3) is 5.91 Å². The average molecular weight is 577 g/mol. The van der Waals surface area contributed by atoms with Gasteiger partial charge in [0.05, 0.1) is 30.4 Å². The second-order valence-corrected chi connectivity index (χ2v) is 12.2. The Morgan fingerprint density at radius 2 is 1.77 bits per heavy atom. The van der Waals surface area contributed by atoms with Crippen LogP contribution in [-0.4, -0.2) is 91.0 Å². The molecule has 1 aromatic rings. The molecule has 5 atom stereocenters. The summed E-state index contributed by atoms with van der Waals surface area (Å²) in [7, 11) is 0. The molecule has 0 aromatic heterocycles. The number of hydrogen-bond acceptors (Lipinski definition) is 7. The molecule has 6 rings (SSSR count). The van der Waals surface area contributed by atoms with Gasteiger partial charge in [-0.1, -0.05) is 18.9 Å². The lowest BCUT2D eigenvalue weighted by molar-refractivity contribution is -0.134. The molecule has 4 N–H and O–H groups in total. The lowest BCUT2D eigenvalue weighted by Crippen LogP contribution is -2.53. The van der Waals surface area contributed by atoms with Crippen LogP contribution in [0.2, 0.25) is 0 Å². The van der Waals surface area contributed by atoms with Crippen LogP contribution in [0.1, 0.15) is 86.0 Å². The van der Waals surface area contributed by atoms with Gasteiger partial charge in [-0.05, 0) is 81.6 Å². The van der Waals surface area contributed by atoms with Crippen LogP contribution >= 0.6 is 12.4 Å². The van der Waals surface area contributed by atoms with Crippen LogP contribution < -0.4 is 20.7 Å². The number of aliphatic hydroxyl groups is 1. The lowest BCUT2D eigenvalue weighted by Gasteiger charge is -2.36. The van der Waals surface area contributed by atoms with E-state index in [9.17, 15) is 14.7 Å². The van der Waals surface area contributed by atoms with E-state index in [4.69, 9.17) is 9.47 Å². The topological polar surface area (TPSA) is 112 Å². The number of nitrogens with one attached hydrogen (secondary N) is 3. The Morgan fingerprint density at radius 1 is 0.975 bits per heavy atom. The monoisotopic (exact) mass is 576 g/mol. The van der Waals surface area contributed by atoms with E-state index in [0.717, 1.165) is 32.4 Å². The van der Waals surface area contributed by atoms with Crippen molar-refractivity contribution in [1.82, 2.24) is 20.9 Å². The molecule has 4 bridgehead atoms. The summed E-state index contributed by atoms with van der Waals surface area (Å²) in [6.45, 7) is 3.24. The summed E-state index contributed by atoms with van der Waals surface area (Å²) < 4.78 is 12.5. The van der Waals surface area contributed by atoms with Gasteiger partial charge in [-0.3, -0.25) is 14.5 Å². The number of likely N-dealkylation sites (tertiary alicyclic amines) is 1. The molecule has 0 spiro atoms. The van der Waals surface area contributed by atoms with Gasteiger partial charge >= 0.3 is 0 Å². The number of amides is 2. The predicted molar refractivity (Wildman–Crippen MR) is 154 cm³/mol. The Balaban J connectivity index is 0.00000323. The largest absolute Gasteiger partial charge is 0.493 e. The van der Waals surface area contributed by atoms with Gasteiger partial charge in [0, 0.05) is 31.6 Å². The molecule has 10 heteroatoms. The zero-order chi connectivity index (χ0) is 26.8. The summed E-state index contributed by atoms with van der Waals surface area (Å²) in [5.74, 6) is 0.988. The Kier molecular flexibility index (Phi) is 9.89. The van der Waals surface area contributed by atoms with E-state index in [1.54, 1.807) is 0 Å². The maximum absolute atomic E-state index is 13.6. The number of carbonyl (C=O) groups is 2. The van der Waals surface area contributed by atoms with E-state index < -0.39 is 12.2 Å². The maximum atomic E-state index is 13.6. The molecule has 4 heterocycles. The highest BCUT2D eigenvalue weighted by Crippen LogP contribution is 2.37. The average Bonchev–Trinajstić information content (AvgIpc) is 3.64. The summed E-state index contributed by atoms with van der Waals surface area (Å²) in [4.78, 5) is 29.4. The van der Waals surface area contributed by atoms with Crippen molar-refractivity contribution < 1.29 is 24.2 Å². The second kappa shape index (κ2) is 13.4. The molecule has 9 nitrogen and oxygen atoms in total. The molecule has 2 amide bonds. The van der Waals surface area contributed by atoms with E-state index in [2.05, 4.69) is 33.0 Å². The number of rotatable bonds is 2. The number of nitrogens with zero attached hydrogens (tertiary/aromatic N) is 1. The van der Waals surface area contributed by atoms with E-state index in [1.165, 1.54) is 31.2 Å². The third-order valence-corrected chi connectivity index (χ3v) is 9.59. The third-order valence-electron chi connectivity index (χ3n) is 9.59. The number of piperidine rings is 1. The SMILES string of the molecule is Cl.O=C1N[C@H]2C[C@@H](C(=O)NC[C@H]3O[C@H](CCOc4cc(C5CCCC5)ccc41)CC[C@@H]3O)N(C1CCNCC1)C2. The van der Waals surface area contributed by atoms with Crippen molar-refractivity contribution in [3.05, 3.63) is 29.3 Å². The van der Waals surface area contributed by atoms with Crippen molar-refractivity contribution in [2.24, 2.45) is 0 Å². The van der Waals surface area contributed by atoms with Crippen molar-refractivity contribution in [3.8, 4) is 5.75 Å². The first kappa shape index (κ1) is 29.6. The molecule has 0 radical (unpaired) electrons. The molecule has 3 saturated heterocycles. The van der Waals surface area contributed by atoms with Crippen LogP contribution in [0.4, 0.5) is 0 Å². The van der Waals surface area contributed by atoms with Crippen LogP contribution in [0.15, 0.2) is 18.2 Å². The number of hydrogen-bond donors (Lipinski definition) is 4. The quantitative estimate of drug-likeness (QED) is 0.428. The van der Waals surface area contributed by atoms with Crippen molar-refractivity contribution in [2.75, 3.05) is 32.8 Å². The summed E-state index contributed by atoms with van der Waals surface area (Å²) in [6.07, 6.45) is 8.38. The zero-order valence-electron chi connectivity index (χ0n) is 23.3. The van der Waals surface area contributed by atoms with Crippen LogP contribution in [0.5, 0.6) is 5.75 Å². The predicted octanol–water partition coefficient (Wildman–Crippen LogP) is 2.50. The lowest BCUT2D eigenvalue weighted by atomic mass is 9.95. The fourth-order valence-electron chi connectivity index (χ4n) is 7.35. The van der Waals surface area contributed by atoms with Crippen LogP contribution in [0.25, 0.3) is 0 Å². The summed E-state index contributed by atoms with van der Waals surface area (Å²) in [5, 5.41) is 20.3. The van der Waals surface area contributed by atoms with Gasteiger partial charge in [-0.2, -0.15) is 0 Å². The minimum Gasteiger partial charge on any atom is -0.493 e. The first-order valence-electron chi connectivity index (χ1n) is 15.2. The number of fused-ring (bicyclic) bond motifs is 5. The Morgan fingerprint density at radius 3 is 2.58 bits per heavy atom. The first-order valence-corrected chi connectivity index (χ1v) is 15.2. The first-order chi connectivity index (χ1) is 19.0. The summed E-state index contributed by atoms with van der Waals surface area (Å²) >= 11 is 0. The molecule has 4 aliphatic heterocycles. The number of benzene rings is 1. The second-order valence-electron chi connectivity index (χ2n) is 12.2.